The van der Waals surface area contributed by atoms with Crippen LogP contribution in [-0.2, 0) is 6.61 Å². The maximum atomic E-state index is 12.2. The first-order chi connectivity index (χ1) is 15.4. The van der Waals surface area contributed by atoms with Crippen LogP contribution in [0.1, 0.15) is 28.4 Å². The fraction of sp³-hybridized carbons (Fsp3) is 0.130. The summed E-state index contributed by atoms with van der Waals surface area (Å²) in [6.07, 6.45) is 1.56. The summed E-state index contributed by atoms with van der Waals surface area (Å²) < 4.78 is 13.7. The SMILES string of the molecule is CCOc1cc(/C=N\NC(=O)c2ccc(I)cc2)cc(I)c1OCc1ccc(Cl)cc1Cl. The van der Waals surface area contributed by atoms with Crippen LogP contribution in [-0.4, -0.2) is 18.7 Å². The Labute approximate surface area is 223 Å². The minimum absolute atomic E-state index is 0.269. The summed E-state index contributed by atoms with van der Waals surface area (Å²) in [6, 6.07) is 16.2. The second kappa shape index (κ2) is 12.1. The number of hydrogen-bond donors (Lipinski definition) is 1. The lowest BCUT2D eigenvalue weighted by Gasteiger charge is -2.15. The Morgan fingerprint density at radius 1 is 1.06 bits per heavy atom. The smallest absolute Gasteiger partial charge is 0.271 e. The van der Waals surface area contributed by atoms with Gasteiger partial charge in [0.1, 0.15) is 6.61 Å². The molecule has 3 rings (SSSR count). The van der Waals surface area contributed by atoms with Crippen molar-refractivity contribution in [3.8, 4) is 11.5 Å². The van der Waals surface area contributed by atoms with Crippen LogP contribution in [0.15, 0.2) is 59.7 Å². The molecule has 0 atom stereocenters. The molecule has 1 amide bonds. The number of rotatable bonds is 8. The predicted octanol–water partition coefficient (Wildman–Crippen LogP) is 6.94. The first-order valence-corrected chi connectivity index (χ1v) is 12.4. The van der Waals surface area contributed by atoms with Gasteiger partial charge in [-0.3, -0.25) is 4.79 Å². The van der Waals surface area contributed by atoms with Crippen LogP contribution in [0.4, 0.5) is 0 Å². The number of ether oxygens (including phenoxy) is 2. The zero-order valence-corrected chi connectivity index (χ0v) is 22.7. The summed E-state index contributed by atoms with van der Waals surface area (Å²) in [4.78, 5) is 12.2. The second-order valence-corrected chi connectivity index (χ2v) is 9.74. The molecule has 0 aliphatic carbocycles. The number of carbonyl (C=O) groups is 1. The van der Waals surface area contributed by atoms with E-state index in [4.69, 9.17) is 32.7 Å². The van der Waals surface area contributed by atoms with Gasteiger partial charge in [0, 0.05) is 24.7 Å². The average Bonchev–Trinajstić information content (AvgIpc) is 2.75. The van der Waals surface area contributed by atoms with Gasteiger partial charge in [-0.15, -0.1) is 0 Å². The summed E-state index contributed by atoms with van der Waals surface area (Å²) in [5, 5.41) is 5.18. The minimum Gasteiger partial charge on any atom is -0.490 e. The molecular weight excluding hydrogens is 677 g/mol. The van der Waals surface area contributed by atoms with Gasteiger partial charge in [0.25, 0.3) is 5.91 Å². The van der Waals surface area contributed by atoms with Crippen molar-refractivity contribution in [2.75, 3.05) is 6.61 Å². The largest absolute Gasteiger partial charge is 0.490 e. The third-order valence-electron chi connectivity index (χ3n) is 4.20. The van der Waals surface area contributed by atoms with Crippen LogP contribution in [0.5, 0.6) is 11.5 Å². The Balaban J connectivity index is 1.73. The van der Waals surface area contributed by atoms with E-state index in [9.17, 15) is 4.79 Å². The van der Waals surface area contributed by atoms with E-state index in [1.807, 2.05) is 37.3 Å². The minimum atomic E-state index is -0.280. The van der Waals surface area contributed by atoms with Crippen molar-refractivity contribution >= 4 is 80.5 Å². The van der Waals surface area contributed by atoms with Gasteiger partial charge in [-0.1, -0.05) is 29.3 Å². The van der Waals surface area contributed by atoms with Crippen molar-refractivity contribution in [2.24, 2.45) is 5.10 Å². The summed E-state index contributed by atoms with van der Waals surface area (Å²) in [6.45, 7) is 2.64. The maximum Gasteiger partial charge on any atom is 0.271 e. The highest BCUT2D eigenvalue weighted by Crippen LogP contribution is 2.35. The first kappa shape index (κ1) is 25.1. The summed E-state index contributed by atoms with van der Waals surface area (Å²) >= 11 is 16.6. The van der Waals surface area contributed by atoms with Crippen molar-refractivity contribution < 1.29 is 14.3 Å². The molecule has 0 radical (unpaired) electrons. The lowest BCUT2D eigenvalue weighted by molar-refractivity contribution is 0.0955. The normalized spacial score (nSPS) is 10.9. The quantitative estimate of drug-likeness (QED) is 0.158. The molecule has 0 heterocycles. The van der Waals surface area contributed by atoms with Crippen LogP contribution < -0.4 is 14.9 Å². The molecule has 5 nitrogen and oxygen atoms in total. The Bertz CT molecular complexity index is 1140. The van der Waals surface area contributed by atoms with Crippen molar-refractivity contribution in [2.45, 2.75) is 13.5 Å². The van der Waals surface area contributed by atoms with E-state index in [-0.39, 0.29) is 12.5 Å². The number of nitrogens with one attached hydrogen (secondary N) is 1. The topological polar surface area (TPSA) is 59.9 Å². The van der Waals surface area contributed by atoms with Crippen LogP contribution >= 0.6 is 68.4 Å². The van der Waals surface area contributed by atoms with Crippen molar-refractivity contribution in [1.29, 1.82) is 0 Å². The molecule has 0 spiro atoms. The third kappa shape index (κ3) is 6.97. The zero-order valence-electron chi connectivity index (χ0n) is 16.9. The molecule has 0 bridgehead atoms. The Hall–Kier alpha value is -1.56. The molecule has 32 heavy (non-hydrogen) atoms. The highest BCUT2D eigenvalue weighted by molar-refractivity contribution is 14.1. The van der Waals surface area contributed by atoms with E-state index in [0.29, 0.717) is 33.7 Å². The fourth-order valence-electron chi connectivity index (χ4n) is 2.69. The predicted molar refractivity (Wildman–Crippen MR) is 145 cm³/mol. The van der Waals surface area contributed by atoms with Gasteiger partial charge in [-0.2, -0.15) is 5.10 Å². The molecule has 0 aliphatic heterocycles. The molecule has 0 aromatic heterocycles. The van der Waals surface area contributed by atoms with Gasteiger partial charge in [-0.05, 0) is 106 Å². The van der Waals surface area contributed by atoms with E-state index < -0.39 is 0 Å². The molecule has 0 aliphatic rings. The van der Waals surface area contributed by atoms with Gasteiger partial charge in [-0.25, -0.2) is 5.43 Å². The Morgan fingerprint density at radius 3 is 2.50 bits per heavy atom. The zero-order chi connectivity index (χ0) is 23.1. The highest BCUT2D eigenvalue weighted by Gasteiger charge is 2.13. The number of hydrogen-bond acceptors (Lipinski definition) is 4. The summed E-state index contributed by atoms with van der Waals surface area (Å²) in [5.41, 5.74) is 4.66. The van der Waals surface area contributed by atoms with Crippen molar-refractivity contribution in [3.05, 3.63) is 88.5 Å². The van der Waals surface area contributed by atoms with Gasteiger partial charge >= 0.3 is 0 Å². The lowest BCUT2D eigenvalue weighted by Crippen LogP contribution is -2.17. The van der Waals surface area contributed by atoms with Crippen LogP contribution in [0.25, 0.3) is 0 Å². The molecule has 166 valence electrons. The third-order valence-corrected chi connectivity index (χ3v) is 6.31. The summed E-state index contributed by atoms with van der Waals surface area (Å²) in [5.74, 6) is 0.908. The standard InChI is InChI=1S/C23H18Cl2I2N2O3/c1-2-31-21-10-14(12-28-29-23(30)15-4-7-18(26)8-5-15)9-20(27)22(21)32-13-16-3-6-17(24)11-19(16)25/h3-12H,2,13H2,1H3,(H,29,30)/b28-12-. The van der Waals surface area contributed by atoms with Gasteiger partial charge < -0.3 is 9.47 Å². The number of halogens is 4. The van der Waals surface area contributed by atoms with Crippen LogP contribution in [0, 0.1) is 7.14 Å². The van der Waals surface area contributed by atoms with Crippen LogP contribution in [0.3, 0.4) is 0 Å². The van der Waals surface area contributed by atoms with Gasteiger partial charge in [0.05, 0.1) is 16.4 Å². The first-order valence-electron chi connectivity index (χ1n) is 9.49. The van der Waals surface area contributed by atoms with E-state index in [0.717, 1.165) is 18.3 Å². The highest BCUT2D eigenvalue weighted by atomic mass is 127. The number of nitrogens with zero attached hydrogens (tertiary/aromatic N) is 1. The molecule has 0 saturated heterocycles. The van der Waals surface area contributed by atoms with Crippen molar-refractivity contribution in [3.63, 3.8) is 0 Å². The van der Waals surface area contributed by atoms with E-state index in [2.05, 4.69) is 55.7 Å². The monoisotopic (exact) mass is 694 g/mol. The number of benzene rings is 3. The number of amides is 1. The second-order valence-electron chi connectivity index (χ2n) is 6.49. The van der Waals surface area contributed by atoms with E-state index in [1.54, 1.807) is 30.5 Å². The molecule has 0 unspecified atom stereocenters. The molecule has 9 heteroatoms. The maximum absolute atomic E-state index is 12.2. The molecule has 1 N–H and O–H groups in total. The fourth-order valence-corrected chi connectivity index (χ4v) is 4.29. The van der Waals surface area contributed by atoms with E-state index >= 15 is 0 Å². The average molecular weight is 695 g/mol. The van der Waals surface area contributed by atoms with Gasteiger partial charge in [0.15, 0.2) is 11.5 Å². The Kier molecular flexibility index (Phi) is 9.45. The van der Waals surface area contributed by atoms with E-state index in [1.165, 1.54) is 0 Å². The molecular formula is C23H18Cl2I2N2O3. The molecule has 0 fully saturated rings. The molecule has 0 saturated carbocycles. The summed E-state index contributed by atoms with van der Waals surface area (Å²) in [7, 11) is 0. The van der Waals surface area contributed by atoms with Gasteiger partial charge in [0.2, 0.25) is 0 Å². The number of hydrazone groups is 1. The lowest BCUT2D eigenvalue weighted by atomic mass is 10.2. The van der Waals surface area contributed by atoms with Crippen molar-refractivity contribution in [1.82, 2.24) is 5.43 Å². The molecule has 3 aromatic rings. The molecule has 3 aromatic carbocycles. The van der Waals surface area contributed by atoms with Crippen LogP contribution in [0.2, 0.25) is 10.0 Å². The Morgan fingerprint density at radius 2 is 1.81 bits per heavy atom. The number of carbonyl (C=O) groups excluding carboxylic acids is 1.